The van der Waals surface area contributed by atoms with Crippen molar-refractivity contribution in [3.8, 4) is 5.75 Å². The van der Waals surface area contributed by atoms with E-state index in [1.807, 2.05) is 30.3 Å². The van der Waals surface area contributed by atoms with E-state index < -0.39 is 0 Å². The summed E-state index contributed by atoms with van der Waals surface area (Å²) in [6.07, 6.45) is 2.73. The van der Waals surface area contributed by atoms with E-state index in [0.717, 1.165) is 30.1 Å². The lowest BCUT2D eigenvalue weighted by Crippen LogP contribution is -2.12. The molecule has 0 aliphatic carbocycles. The van der Waals surface area contributed by atoms with Crippen molar-refractivity contribution in [3.63, 3.8) is 0 Å². The van der Waals surface area contributed by atoms with Crippen LogP contribution in [-0.4, -0.2) is 16.2 Å². The zero-order valence-electron chi connectivity index (χ0n) is 14.4. The highest BCUT2D eigenvalue weighted by Gasteiger charge is 2.13. The number of hydrogen-bond donors (Lipinski definition) is 0. The Morgan fingerprint density at radius 2 is 1.88 bits per heavy atom. The second kappa shape index (κ2) is 7.35. The van der Waals surface area contributed by atoms with Gasteiger partial charge in [0.05, 0.1) is 17.6 Å². The molecule has 1 aromatic heterocycles. The molecule has 0 bridgehead atoms. The van der Waals surface area contributed by atoms with Crippen molar-refractivity contribution in [1.82, 2.24) is 9.55 Å². The monoisotopic (exact) mass is 320 g/mol. The Hall–Kier alpha value is -2.55. The molecule has 0 spiro atoms. The second-order valence-corrected chi connectivity index (χ2v) is 6.21. The first kappa shape index (κ1) is 16.3. The minimum Gasteiger partial charge on any atom is -0.491 e. The second-order valence-electron chi connectivity index (χ2n) is 6.21. The largest absolute Gasteiger partial charge is 0.491 e. The quantitative estimate of drug-likeness (QED) is 0.575. The molecule has 3 nitrogen and oxygen atoms in total. The Morgan fingerprint density at radius 3 is 2.67 bits per heavy atom. The van der Waals surface area contributed by atoms with Crippen LogP contribution in [0, 0.1) is 0 Å². The standard InChI is InChI=1S/C21H24N2O/c1-4-9-17-10-5-8-13-20(17)24-15-14-23-19-12-7-6-11-18(19)22-21(23)16(2)3/h4-8,10-13,16H,1,9,14-15H2,2-3H3. The molecule has 0 aliphatic heterocycles. The molecule has 0 atom stereocenters. The highest BCUT2D eigenvalue weighted by molar-refractivity contribution is 5.76. The summed E-state index contributed by atoms with van der Waals surface area (Å²) in [6, 6.07) is 16.4. The van der Waals surface area contributed by atoms with Crippen LogP contribution in [0.5, 0.6) is 5.75 Å². The van der Waals surface area contributed by atoms with Gasteiger partial charge in [-0.05, 0) is 30.2 Å². The van der Waals surface area contributed by atoms with E-state index in [0.29, 0.717) is 12.5 Å². The van der Waals surface area contributed by atoms with Gasteiger partial charge in [-0.1, -0.05) is 50.3 Å². The van der Waals surface area contributed by atoms with E-state index in [-0.39, 0.29) is 0 Å². The number of rotatable bonds is 7. The van der Waals surface area contributed by atoms with Crippen molar-refractivity contribution in [3.05, 3.63) is 72.6 Å². The zero-order valence-corrected chi connectivity index (χ0v) is 14.4. The third kappa shape index (κ3) is 3.35. The molecule has 1 heterocycles. The van der Waals surface area contributed by atoms with Gasteiger partial charge in [-0.25, -0.2) is 4.98 Å². The number of ether oxygens (including phenoxy) is 1. The zero-order chi connectivity index (χ0) is 16.9. The lowest BCUT2D eigenvalue weighted by molar-refractivity contribution is 0.295. The summed E-state index contributed by atoms with van der Waals surface area (Å²) in [5.41, 5.74) is 3.39. The van der Waals surface area contributed by atoms with Crippen molar-refractivity contribution in [2.45, 2.75) is 32.7 Å². The van der Waals surface area contributed by atoms with Gasteiger partial charge in [-0.3, -0.25) is 0 Å². The number of nitrogens with zero attached hydrogens (tertiary/aromatic N) is 2. The predicted molar refractivity (Wildman–Crippen MR) is 99.7 cm³/mol. The minimum atomic E-state index is 0.380. The number of para-hydroxylation sites is 3. The molecular weight excluding hydrogens is 296 g/mol. The lowest BCUT2D eigenvalue weighted by Gasteiger charge is -2.14. The molecule has 24 heavy (non-hydrogen) atoms. The predicted octanol–water partition coefficient (Wildman–Crippen LogP) is 4.97. The van der Waals surface area contributed by atoms with Crippen LogP contribution in [-0.2, 0) is 13.0 Å². The van der Waals surface area contributed by atoms with Gasteiger partial charge in [-0.15, -0.1) is 6.58 Å². The fourth-order valence-electron chi connectivity index (χ4n) is 2.99. The normalized spacial score (nSPS) is 11.1. The highest BCUT2D eigenvalue weighted by atomic mass is 16.5. The Kier molecular flexibility index (Phi) is 4.99. The lowest BCUT2D eigenvalue weighted by atomic mass is 10.1. The van der Waals surface area contributed by atoms with Gasteiger partial charge >= 0.3 is 0 Å². The van der Waals surface area contributed by atoms with Crippen LogP contribution >= 0.6 is 0 Å². The molecule has 0 saturated carbocycles. The van der Waals surface area contributed by atoms with Gasteiger partial charge < -0.3 is 9.30 Å². The molecule has 0 amide bonds. The molecule has 0 N–H and O–H groups in total. The number of imidazole rings is 1. The summed E-state index contributed by atoms with van der Waals surface area (Å²) in [4.78, 5) is 4.78. The van der Waals surface area contributed by atoms with E-state index in [4.69, 9.17) is 9.72 Å². The summed E-state index contributed by atoms with van der Waals surface area (Å²) in [5.74, 6) is 2.43. The van der Waals surface area contributed by atoms with Gasteiger partial charge in [-0.2, -0.15) is 0 Å². The Morgan fingerprint density at radius 1 is 1.12 bits per heavy atom. The van der Waals surface area contributed by atoms with Crippen LogP contribution in [0.25, 0.3) is 11.0 Å². The maximum atomic E-state index is 6.05. The minimum absolute atomic E-state index is 0.380. The molecule has 3 heteroatoms. The molecule has 0 saturated heterocycles. The fourth-order valence-corrected chi connectivity index (χ4v) is 2.99. The van der Waals surface area contributed by atoms with Crippen LogP contribution in [0.4, 0.5) is 0 Å². The molecule has 3 rings (SSSR count). The average molecular weight is 320 g/mol. The van der Waals surface area contributed by atoms with Gasteiger partial charge in [0, 0.05) is 5.92 Å². The average Bonchev–Trinajstić information content (AvgIpc) is 2.96. The van der Waals surface area contributed by atoms with Crippen LogP contribution in [0.1, 0.15) is 31.2 Å². The van der Waals surface area contributed by atoms with Crippen molar-refractivity contribution in [2.75, 3.05) is 6.61 Å². The number of hydrogen-bond acceptors (Lipinski definition) is 2. The van der Waals surface area contributed by atoms with Crippen LogP contribution < -0.4 is 4.74 Å². The van der Waals surface area contributed by atoms with E-state index in [9.17, 15) is 0 Å². The summed E-state index contributed by atoms with van der Waals surface area (Å²) < 4.78 is 8.32. The van der Waals surface area contributed by atoms with Gasteiger partial charge in [0.25, 0.3) is 0 Å². The molecule has 0 fully saturated rings. The van der Waals surface area contributed by atoms with Crippen LogP contribution in [0.3, 0.4) is 0 Å². The molecule has 0 unspecified atom stereocenters. The van der Waals surface area contributed by atoms with E-state index in [1.54, 1.807) is 0 Å². The summed E-state index contributed by atoms with van der Waals surface area (Å²) in [7, 11) is 0. The van der Waals surface area contributed by atoms with Crippen molar-refractivity contribution < 1.29 is 4.74 Å². The highest BCUT2D eigenvalue weighted by Crippen LogP contribution is 2.23. The summed E-state index contributed by atoms with van der Waals surface area (Å²) in [5, 5.41) is 0. The van der Waals surface area contributed by atoms with Crippen LogP contribution in [0.2, 0.25) is 0 Å². The Bertz CT molecular complexity index is 833. The number of benzene rings is 2. The summed E-state index contributed by atoms with van der Waals surface area (Å²) in [6.45, 7) is 9.58. The van der Waals surface area contributed by atoms with Gasteiger partial charge in [0.15, 0.2) is 0 Å². The van der Waals surface area contributed by atoms with Crippen molar-refractivity contribution >= 4 is 11.0 Å². The Labute approximate surface area is 143 Å². The fraction of sp³-hybridized carbons (Fsp3) is 0.286. The van der Waals surface area contributed by atoms with Crippen molar-refractivity contribution in [2.24, 2.45) is 0 Å². The molecule has 3 aromatic rings. The molecule has 124 valence electrons. The topological polar surface area (TPSA) is 27.1 Å². The number of aromatic nitrogens is 2. The van der Waals surface area contributed by atoms with Gasteiger partial charge in [0.1, 0.15) is 18.2 Å². The Balaban J connectivity index is 1.79. The number of allylic oxidation sites excluding steroid dienone is 1. The van der Waals surface area contributed by atoms with Crippen LogP contribution in [0.15, 0.2) is 61.2 Å². The van der Waals surface area contributed by atoms with E-state index >= 15 is 0 Å². The first-order valence-electron chi connectivity index (χ1n) is 8.47. The first-order valence-corrected chi connectivity index (χ1v) is 8.47. The third-order valence-electron chi connectivity index (χ3n) is 4.11. The first-order chi connectivity index (χ1) is 11.7. The van der Waals surface area contributed by atoms with E-state index in [2.05, 4.69) is 49.3 Å². The SMILES string of the molecule is C=CCc1ccccc1OCCn1c(C(C)C)nc2ccccc21. The molecule has 0 radical (unpaired) electrons. The molecule has 0 aliphatic rings. The maximum absolute atomic E-state index is 6.05. The molecule has 2 aromatic carbocycles. The smallest absolute Gasteiger partial charge is 0.122 e. The third-order valence-corrected chi connectivity index (χ3v) is 4.11. The summed E-state index contributed by atoms with van der Waals surface area (Å²) >= 11 is 0. The number of fused-ring (bicyclic) bond motifs is 1. The van der Waals surface area contributed by atoms with E-state index in [1.165, 1.54) is 11.1 Å². The van der Waals surface area contributed by atoms with Crippen molar-refractivity contribution in [1.29, 1.82) is 0 Å². The molecular formula is C21H24N2O. The maximum Gasteiger partial charge on any atom is 0.122 e. The van der Waals surface area contributed by atoms with Gasteiger partial charge in [0.2, 0.25) is 0 Å².